The molecule has 0 bridgehead atoms. The van der Waals surface area contributed by atoms with Gasteiger partial charge < -0.3 is 4.90 Å². The van der Waals surface area contributed by atoms with Gasteiger partial charge in [0.15, 0.2) is 0 Å². The van der Waals surface area contributed by atoms with Crippen molar-refractivity contribution in [3.8, 4) is 9.88 Å². The Bertz CT molecular complexity index is 919. The zero-order chi connectivity index (χ0) is 17.4. The molecule has 1 aliphatic rings. The second-order valence-corrected chi connectivity index (χ2v) is 8.47. The van der Waals surface area contributed by atoms with E-state index in [2.05, 4.69) is 4.98 Å². The summed E-state index contributed by atoms with van der Waals surface area (Å²) < 4.78 is 14.7. The topological polar surface area (TPSA) is 33.2 Å². The Morgan fingerprint density at radius 3 is 2.76 bits per heavy atom. The molecule has 3 aromatic rings. The van der Waals surface area contributed by atoms with Crippen molar-refractivity contribution in [2.75, 3.05) is 0 Å². The van der Waals surface area contributed by atoms with Gasteiger partial charge in [0.05, 0.1) is 9.21 Å². The molecule has 4 rings (SSSR count). The van der Waals surface area contributed by atoms with Gasteiger partial charge in [-0.05, 0) is 31.0 Å². The summed E-state index contributed by atoms with van der Waals surface area (Å²) in [4.78, 5) is 20.1. The third kappa shape index (κ3) is 3.61. The monoisotopic (exact) mass is 392 g/mol. The van der Waals surface area contributed by atoms with Gasteiger partial charge in [-0.15, -0.1) is 22.7 Å². The zero-order valence-corrected chi connectivity index (χ0v) is 15.5. The lowest BCUT2D eigenvalue weighted by Crippen LogP contribution is -2.33. The Morgan fingerprint density at radius 2 is 2.08 bits per heavy atom. The summed E-state index contributed by atoms with van der Waals surface area (Å²) in [6.07, 6.45) is 1.91. The molecule has 0 saturated heterocycles. The van der Waals surface area contributed by atoms with Crippen LogP contribution in [-0.4, -0.2) is 21.8 Å². The van der Waals surface area contributed by atoms with Gasteiger partial charge in [0.2, 0.25) is 0 Å². The van der Waals surface area contributed by atoms with Crippen LogP contribution in [0.2, 0.25) is 4.34 Å². The van der Waals surface area contributed by atoms with Crippen LogP contribution in [0.5, 0.6) is 0 Å². The van der Waals surface area contributed by atoms with E-state index >= 15 is 0 Å². The predicted molar refractivity (Wildman–Crippen MR) is 99.7 cm³/mol. The predicted octanol–water partition coefficient (Wildman–Crippen LogP) is 5.47. The molecular formula is C18H14ClFN2OS2. The van der Waals surface area contributed by atoms with E-state index in [-0.39, 0.29) is 24.3 Å². The zero-order valence-electron chi connectivity index (χ0n) is 13.1. The van der Waals surface area contributed by atoms with Crippen molar-refractivity contribution >= 4 is 40.2 Å². The minimum absolute atomic E-state index is 0.143. The first kappa shape index (κ1) is 16.7. The molecule has 0 spiro atoms. The second kappa shape index (κ2) is 6.86. The van der Waals surface area contributed by atoms with E-state index in [0.717, 1.165) is 22.7 Å². The Morgan fingerprint density at radius 1 is 1.28 bits per heavy atom. The van der Waals surface area contributed by atoms with Gasteiger partial charge in [-0.2, -0.15) is 0 Å². The number of nitrogens with zero attached hydrogens (tertiary/aromatic N) is 2. The lowest BCUT2D eigenvalue weighted by atomic mass is 10.2. The summed E-state index contributed by atoms with van der Waals surface area (Å²) in [5.41, 5.74) is 0.941. The first-order chi connectivity index (χ1) is 12.1. The lowest BCUT2D eigenvalue weighted by molar-refractivity contribution is 0.0723. The number of thiophene rings is 1. The third-order valence-electron chi connectivity index (χ3n) is 4.05. The van der Waals surface area contributed by atoms with Gasteiger partial charge >= 0.3 is 0 Å². The maximum atomic E-state index is 14.0. The molecule has 1 fully saturated rings. The Kier molecular flexibility index (Phi) is 4.58. The molecule has 0 atom stereocenters. The van der Waals surface area contributed by atoms with Crippen molar-refractivity contribution in [2.24, 2.45) is 0 Å². The quantitative estimate of drug-likeness (QED) is 0.576. The molecule has 0 unspecified atom stereocenters. The number of hydrogen-bond acceptors (Lipinski definition) is 4. The van der Waals surface area contributed by atoms with E-state index in [1.807, 2.05) is 12.1 Å². The highest BCUT2D eigenvalue weighted by atomic mass is 35.5. The minimum atomic E-state index is -0.284. The number of amides is 1. The number of aromatic nitrogens is 1. The van der Waals surface area contributed by atoms with Crippen molar-refractivity contribution in [3.05, 3.63) is 63.2 Å². The molecule has 1 saturated carbocycles. The molecule has 2 heterocycles. The SMILES string of the molecule is O=C(c1csc(-c2ccc(Cl)s2)n1)N(Cc1ccccc1F)C1CC1. The van der Waals surface area contributed by atoms with Gasteiger partial charge in [-0.3, -0.25) is 4.79 Å². The smallest absolute Gasteiger partial charge is 0.273 e. The van der Waals surface area contributed by atoms with Crippen molar-refractivity contribution in [2.45, 2.75) is 25.4 Å². The Labute approximate surface area is 157 Å². The van der Waals surface area contributed by atoms with Gasteiger partial charge in [0.1, 0.15) is 16.5 Å². The largest absolute Gasteiger partial charge is 0.330 e. The molecular weight excluding hydrogens is 379 g/mol. The Balaban J connectivity index is 1.57. The van der Waals surface area contributed by atoms with Crippen molar-refractivity contribution < 1.29 is 9.18 Å². The fourth-order valence-electron chi connectivity index (χ4n) is 2.62. The fourth-order valence-corrected chi connectivity index (χ4v) is 4.53. The standard InChI is InChI=1S/C18H14ClFN2OS2/c19-16-8-7-15(25-16)17-21-14(10-24-17)18(23)22(12-5-6-12)9-11-3-1-2-4-13(11)20/h1-4,7-8,10,12H,5-6,9H2. The molecule has 2 aromatic heterocycles. The average molecular weight is 393 g/mol. The number of benzene rings is 1. The summed E-state index contributed by atoms with van der Waals surface area (Å²) in [6.45, 7) is 0.272. The lowest BCUT2D eigenvalue weighted by Gasteiger charge is -2.21. The van der Waals surface area contributed by atoms with E-state index in [1.54, 1.807) is 28.5 Å². The van der Waals surface area contributed by atoms with E-state index in [4.69, 9.17) is 11.6 Å². The third-order valence-corrected chi connectivity index (χ3v) is 6.30. The van der Waals surface area contributed by atoms with Crippen LogP contribution in [0.1, 0.15) is 28.9 Å². The summed E-state index contributed by atoms with van der Waals surface area (Å²) in [7, 11) is 0. The highest BCUT2D eigenvalue weighted by Crippen LogP contribution is 2.34. The number of carbonyl (C=O) groups is 1. The first-order valence-electron chi connectivity index (χ1n) is 7.87. The maximum Gasteiger partial charge on any atom is 0.273 e. The van der Waals surface area contributed by atoms with Crippen LogP contribution in [0, 0.1) is 5.82 Å². The van der Waals surface area contributed by atoms with Crippen LogP contribution in [0.4, 0.5) is 4.39 Å². The summed E-state index contributed by atoms with van der Waals surface area (Å²) in [5.74, 6) is -0.427. The van der Waals surface area contributed by atoms with Gasteiger partial charge in [0, 0.05) is 23.5 Å². The number of hydrogen-bond donors (Lipinski definition) is 0. The summed E-state index contributed by atoms with van der Waals surface area (Å²) >= 11 is 8.83. The van der Waals surface area contributed by atoms with E-state index in [9.17, 15) is 9.18 Å². The molecule has 0 radical (unpaired) electrons. The van der Waals surface area contributed by atoms with Gasteiger partial charge in [0.25, 0.3) is 5.91 Å². The van der Waals surface area contributed by atoms with E-state index in [1.165, 1.54) is 28.7 Å². The molecule has 7 heteroatoms. The average Bonchev–Trinajstić information content (AvgIpc) is 3.15. The highest BCUT2D eigenvalue weighted by Gasteiger charge is 2.34. The molecule has 3 nitrogen and oxygen atoms in total. The van der Waals surface area contributed by atoms with Crippen LogP contribution < -0.4 is 0 Å². The van der Waals surface area contributed by atoms with Crippen LogP contribution >= 0.6 is 34.3 Å². The molecule has 0 N–H and O–H groups in total. The Hall–Kier alpha value is -1.76. The molecule has 25 heavy (non-hydrogen) atoms. The first-order valence-corrected chi connectivity index (χ1v) is 9.95. The number of carbonyl (C=O) groups excluding carboxylic acids is 1. The van der Waals surface area contributed by atoms with Crippen molar-refractivity contribution in [3.63, 3.8) is 0 Å². The number of halogens is 2. The van der Waals surface area contributed by atoms with Crippen molar-refractivity contribution in [1.29, 1.82) is 0 Å². The highest BCUT2D eigenvalue weighted by molar-refractivity contribution is 7.23. The van der Waals surface area contributed by atoms with Crippen LogP contribution in [0.25, 0.3) is 9.88 Å². The number of thiazole rings is 1. The molecule has 128 valence electrons. The van der Waals surface area contributed by atoms with Crippen LogP contribution in [-0.2, 0) is 6.54 Å². The number of rotatable bonds is 5. The van der Waals surface area contributed by atoms with E-state index in [0.29, 0.717) is 15.6 Å². The molecule has 1 amide bonds. The van der Waals surface area contributed by atoms with Crippen LogP contribution in [0.15, 0.2) is 41.8 Å². The van der Waals surface area contributed by atoms with Crippen LogP contribution in [0.3, 0.4) is 0 Å². The summed E-state index contributed by atoms with van der Waals surface area (Å²) in [6, 6.07) is 10.5. The molecule has 0 aliphatic heterocycles. The van der Waals surface area contributed by atoms with E-state index < -0.39 is 0 Å². The minimum Gasteiger partial charge on any atom is -0.330 e. The normalized spacial score (nSPS) is 13.8. The molecule has 1 aliphatic carbocycles. The summed E-state index contributed by atoms with van der Waals surface area (Å²) in [5, 5.41) is 2.55. The van der Waals surface area contributed by atoms with Gasteiger partial charge in [-0.1, -0.05) is 29.8 Å². The maximum absolute atomic E-state index is 14.0. The van der Waals surface area contributed by atoms with Crippen molar-refractivity contribution in [1.82, 2.24) is 9.88 Å². The molecule has 1 aromatic carbocycles. The second-order valence-electron chi connectivity index (χ2n) is 5.90. The van der Waals surface area contributed by atoms with Gasteiger partial charge in [-0.25, -0.2) is 9.37 Å². The fraction of sp³-hybridized carbons (Fsp3) is 0.222.